The summed E-state index contributed by atoms with van der Waals surface area (Å²) < 4.78 is 8.38. The molecule has 1 heterocycles. The van der Waals surface area contributed by atoms with E-state index >= 15 is 0 Å². The Morgan fingerprint density at radius 2 is 1.55 bits per heavy atom. The second-order valence-corrected chi connectivity index (χ2v) is 23.9. The second-order valence-electron chi connectivity index (χ2n) is 11.0. The fraction of sp³-hybridized carbons (Fsp3) is 0.920. The minimum atomic E-state index is -2.48. The summed E-state index contributed by atoms with van der Waals surface area (Å²) in [5.41, 5.74) is 2.02. The van der Waals surface area contributed by atoms with Crippen LogP contribution >= 0.6 is 0 Å². The first-order valence-electron chi connectivity index (χ1n) is 12.8. The van der Waals surface area contributed by atoms with Gasteiger partial charge in [0, 0.05) is 0 Å². The Hall–Kier alpha value is -0.0613. The summed E-state index contributed by atoms with van der Waals surface area (Å²) in [6, 6.07) is 0. The Morgan fingerprint density at radius 3 is 2.03 bits per heavy atom. The average molecular weight is 508 g/mol. The summed E-state index contributed by atoms with van der Waals surface area (Å²) >= 11 is -2.48. The summed E-state index contributed by atoms with van der Waals surface area (Å²) in [6.45, 7) is 15.6. The number of unbranched alkanes of at least 4 members (excludes halogenated alkanes) is 3. The van der Waals surface area contributed by atoms with E-state index in [1.165, 1.54) is 76.8 Å². The molecule has 0 unspecified atom stereocenters. The second kappa shape index (κ2) is 10.0. The van der Waals surface area contributed by atoms with E-state index in [-0.39, 0.29) is 0 Å². The Morgan fingerprint density at radius 1 is 0.966 bits per heavy atom. The number of hydrogen-bond donors (Lipinski definition) is 0. The fourth-order valence-corrected chi connectivity index (χ4v) is 23.0. The van der Waals surface area contributed by atoms with Crippen LogP contribution in [0.25, 0.3) is 0 Å². The van der Waals surface area contributed by atoms with Crippen LogP contribution in [0, 0.1) is 30.1 Å². The molecule has 0 aliphatic heterocycles. The summed E-state index contributed by atoms with van der Waals surface area (Å²) in [4.78, 5) is 0. The third-order valence-electron chi connectivity index (χ3n) is 8.92. The van der Waals surface area contributed by atoms with Crippen molar-refractivity contribution < 1.29 is 0 Å². The van der Waals surface area contributed by atoms with Crippen LogP contribution in [-0.2, 0) is 6.54 Å². The van der Waals surface area contributed by atoms with Gasteiger partial charge in [0.2, 0.25) is 0 Å². The Bertz CT molecular complexity index is 627. The van der Waals surface area contributed by atoms with Gasteiger partial charge in [0.15, 0.2) is 0 Å². The van der Waals surface area contributed by atoms with E-state index in [2.05, 4.69) is 46.2 Å². The minimum absolute atomic E-state index is 0.562. The summed E-state index contributed by atoms with van der Waals surface area (Å²) in [5.74, 6) is 2.70. The molecule has 1 aromatic heterocycles. The predicted molar refractivity (Wildman–Crippen MR) is 127 cm³/mol. The van der Waals surface area contributed by atoms with E-state index in [1.54, 1.807) is 3.71 Å². The topological polar surface area (TPSA) is 30.7 Å². The summed E-state index contributed by atoms with van der Waals surface area (Å²) in [7, 11) is 0. The van der Waals surface area contributed by atoms with Crippen molar-refractivity contribution in [2.24, 2.45) is 23.2 Å². The van der Waals surface area contributed by atoms with Gasteiger partial charge in [-0.1, -0.05) is 0 Å². The molecule has 1 aromatic rings. The van der Waals surface area contributed by atoms with Crippen molar-refractivity contribution in [2.45, 2.75) is 119 Å². The normalized spacial score (nSPS) is 25.8. The first-order valence-corrected chi connectivity index (χ1v) is 20.3. The van der Waals surface area contributed by atoms with Crippen LogP contribution in [0.15, 0.2) is 0 Å². The zero-order valence-electron chi connectivity index (χ0n) is 20.3. The predicted octanol–water partition coefficient (Wildman–Crippen LogP) is 6.71. The quantitative estimate of drug-likeness (QED) is 0.294. The molecule has 0 amide bonds. The molecule has 4 rings (SSSR count). The Labute approximate surface area is 184 Å². The number of hydrogen-bond acceptors (Lipinski definition) is 2. The van der Waals surface area contributed by atoms with Gasteiger partial charge in [-0.3, -0.25) is 0 Å². The molecule has 0 radical (unpaired) electrons. The van der Waals surface area contributed by atoms with Gasteiger partial charge in [-0.2, -0.15) is 0 Å². The standard InChI is InChI=1S/C13H20N3.3C4H9.Sn/c1-9-7-14-15-16(9)8-10-4-5-11-6-12(10)13(11,2)3;3*1-3-4-2;/h10-12H,4-6,8H2,1-3H3;3*1,3-4H2,2H3;/t10-,11-,12+;;;;/m0..../s1. The molecule has 2 bridgehead atoms. The molecule has 29 heavy (non-hydrogen) atoms. The molecule has 0 aromatic carbocycles. The summed E-state index contributed by atoms with van der Waals surface area (Å²) in [6.07, 6.45) is 12.5. The van der Waals surface area contributed by atoms with Crippen LogP contribution in [0.2, 0.25) is 13.3 Å². The van der Waals surface area contributed by atoms with Crippen LogP contribution in [0.3, 0.4) is 0 Å². The molecule has 3 nitrogen and oxygen atoms in total. The van der Waals surface area contributed by atoms with E-state index in [4.69, 9.17) is 10.3 Å². The van der Waals surface area contributed by atoms with Crippen molar-refractivity contribution in [2.75, 3.05) is 0 Å². The van der Waals surface area contributed by atoms with Crippen LogP contribution in [0.5, 0.6) is 0 Å². The van der Waals surface area contributed by atoms with Crippen molar-refractivity contribution in [1.29, 1.82) is 0 Å². The zero-order chi connectivity index (χ0) is 21.1. The molecular formula is C25H47N3Sn. The number of rotatable bonds is 12. The molecule has 3 aliphatic rings. The van der Waals surface area contributed by atoms with Crippen LogP contribution in [0.4, 0.5) is 0 Å². The molecule has 166 valence electrons. The third kappa shape index (κ3) is 4.75. The Balaban J connectivity index is 1.82. The van der Waals surface area contributed by atoms with E-state index in [0.717, 1.165) is 24.3 Å². The van der Waals surface area contributed by atoms with Crippen molar-refractivity contribution in [3.8, 4) is 0 Å². The van der Waals surface area contributed by atoms with Gasteiger partial charge in [0.25, 0.3) is 0 Å². The van der Waals surface area contributed by atoms with E-state index in [1.807, 2.05) is 0 Å². The first-order chi connectivity index (χ1) is 13.9. The van der Waals surface area contributed by atoms with Crippen molar-refractivity contribution >= 4 is 22.1 Å². The van der Waals surface area contributed by atoms with Crippen LogP contribution in [-0.4, -0.2) is 33.4 Å². The van der Waals surface area contributed by atoms with Gasteiger partial charge in [0.1, 0.15) is 0 Å². The molecule has 0 saturated heterocycles. The molecule has 0 N–H and O–H groups in total. The number of fused-ring (bicyclic) bond motifs is 2. The maximum absolute atomic E-state index is 4.99. The van der Waals surface area contributed by atoms with E-state index < -0.39 is 18.4 Å². The van der Waals surface area contributed by atoms with Crippen molar-refractivity contribution in [3.05, 3.63) is 5.69 Å². The molecular weight excluding hydrogens is 461 g/mol. The first kappa shape index (κ1) is 23.6. The molecule has 3 fully saturated rings. The SMILES string of the molecule is CCC[CH2][Sn]([CH2]CCC)([CH2]CCC)[c]1nnn(C[C@@H]2CC[C@H]3C[C@H]2C3(C)C)c1C. The van der Waals surface area contributed by atoms with Gasteiger partial charge < -0.3 is 0 Å². The van der Waals surface area contributed by atoms with Crippen molar-refractivity contribution in [1.82, 2.24) is 15.0 Å². The zero-order valence-corrected chi connectivity index (χ0v) is 23.1. The van der Waals surface area contributed by atoms with E-state index in [9.17, 15) is 0 Å². The summed E-state index contributed by atoms with van der Waals surface area (Å²) in [5, 5.41) is 9.81. The van der Waals surface area contributed by atoms with Gasteiger partial charge in [-0.25, -0.2) is 0 Å². The van der Waals surface area contributed by atoms with Gasteiger partial charge in [-0.15, -0.1) is 0 Å². The molecule has 3 aliphatic carbocycles. The molecule has 4 heteroatoms. The third-order valence-corrected chi connectivity index (χ3v) is 24.3. The molecule has 0 spiro atoms. The van der Waals surface area contributed by atoms with Gasteiger partial charge in [-0.05, 0) is 0 Å². The van der Waals surface area contributed by atoms with Crippen molar-refractivity contribution in [3.63, 3.8) is 0 Å². The number of nitrogens with zero attached hydrogens (tertiary/aromatic N) is 3. The maximum atomic E-state index is 4.99. The van der Waals surface area contributed by atoms with Gasteiger partial charge >= 0.3 is 185 Å². The number of aromatic nitrogens is 3. The van der Waals surface area contributed by atoms with Crippen LogP contribution < -0.4 is 3.71 Å². The van der Waals surface area contributed by atoms with Gasteiger partial charge in [0.05, 0.1) is 0 Å². The molecule has 3 atom stereocenters. The fourth-order valence-electron chi connectivity index (χ4n) is 6.70. The van der Waals surface area contributed by atoms with Crippen LogP contribution in [0.1, 0.15) is 98.1 Å². The average Bonchev–Trinajstić information content (AvgIpc) is 3.08. The Kier molecular flexibility index (Phi) is 8.17. The molecule has 3 saturated carbocycles. The van der Waals surface area contributed by atoms with E-state index in [0.29, 0.717) is 5.41 Å². The monoisotopic (exact) mass is 509 g/mol.